The van der Waals surface area contributed by atoms with Gasteiger partial charge in [0.1, 0.15) is 11.9 Å². The van der Waals surface area contributed by atoms with Crippen molar-refractivity contribution in [1.82, 2.24) is 0 Å². The first-order valence-electron chi connectivity index (χ1n) is 8.43. The van der Waals surface area contributed by atoms with Crippen LogP contribution in [0, 0.1) is 11.2 Å². The summed E-state index contributed by atoms with van der Waals surface area (Å²) in [5.41, 5.74) is 11.1. The molecule has 1 aliphatic carbocycles. The molecular weight excluding hydrogens is 327 g/mol. The van der Waals surface area contributed by atoms with Crippen molar-refractivity contribution in [2.45, 2.75) is 51.0 Å². The minimum Gasteiger partial charge on any atom is -0.481 e. The molecule has 0 radical (unpaired) electrons. The highest BCUT2D eigenvalue weighted by molar-refractivity contribution is 5.73. The molecule has 25 heavy (non-hydrogen) atoms. The number of carbonyl (C=O) groups is 2. The fraction of sp³-hybridized carbons (Fsp3) is 0.556. The lowest BCUT2D eigenvalue weighted by molar-refractivity contribution is -0.140. The smallest absolute Gasteiger partial charge is 0.320 e. The summed E-state index contributed by atoms with van der Waals surface area (Å²) in [6, 6.07) is 4.96. The molecule has 1 fully saturated rings. The zero-order valence-corrected chi connectivity index (χ0v) is 14.3. The summed E-state index contributed by atoms with van der Waals surface area (Å²) in [6.07, 6.45) is 5.79. The Morgan fingerprint density at radius 2 is 1.76 bits per heavy atom. The van der Waals surface area contributed by atoms with E-state index in [0.717, 1.165) is 25.7 Å². The Morgan fingerprint density at radius 3 is 2.24 bits per heavy atom. The largest absolute Gasteiger partial charge is 0.481 e. The fourth-order valence-corrected chi connectivity index (χ4v) is 3.06. The molecule has 0 amide bonds. The number of carboxylic acids is 2. The van der Waals surface area contributed by atoms with Gasteiger partial charge < -0.3 is 21.7 Å². The van der Waals surface area contributed by atoms with Crippen molar-refractivity contribution in [3.63, 3.8) is 0 Å². The van der Waals surface area contributed by atoms with Gasteiger partial charge in [0.25, 0.3) is 0 Å². The molecule has 1 aromatic rings. The highest BCUT2D eigenvalue weighted by Crippen LogP contribution is 2.38. The first-order chi connectivity index (χ1) is 11.8. The zero-order valence-electron chi connectivity index (χ0n) is 14.3. The van der Waals surface area contributed by atoms with Crippen LogP contribution in [-0.2, 0) is 16.0 Å². The van der Waals surface area contributed by atoms with E-state index in [1.165, 1.54) is 18.6 Å². The Labute approximate surface area is 147 Å². The lowest BCUT2D eigenvalue weighted by Crippen LogP contribution is -2.34. The molecule has 2 rings (SSSR count). The third-order valence-corrected chi connectivity index (χ3v) is 4.59. The van der Waals surface area contributed by atoms with Gasteiger partial charge in [-0.2, -0.15) is 0 Å². The molecule has 6 N–H and O–H groups in total. The maximum Gasteiger partial charge on any atom is 0.320 e. The number of aliphatic carboxylic acids is 2. The van der Waals surface area contributed by atoms with Crippen LogP contribution in [0.5, 0.6) is 0 Å². The maximum atomic E-state index is 13.0. The van der Waals surface area contributed by atoms with Crippen LogP contribution in [0.2, 0.25) is 0 Å². The Kier molecular flexibility index (Phi) is 8.51. The third kappa shape index (κ3) is 7.19. The van der Waals surface area contributed by atoms with Gasteiger partial charge in [0, 0.05) is 6.42 Å². The highest BCUT2D eigenvalue weighted by atomic mass is 19.1. The van der Waals surface area contributed by atoms with E-state index in [0.29, 0.717) is 12.1 Å². The molecule has 6 nitrogen and oxygen atoms in total. The van der Waals surface area contributed by atoms with Crippen LogP contribution in [-0.4, -0.2) is 34.7 Å². The number of hydrogen-bond donors (Lipinski definition) is 4. The molecule has 0 heterocycles. The molecule has 0 unspecified atom stereocenters. The number of rotatable bonds is 6. The zero-order chi connectivity index (χ0) is 18.9. The van der Waals surface area contributed by atoms with Crippen molar-refractivity contribution in [3.05, 3.63) is 35.6 Å². The predicted octanol–water partition coefficient (Wildman–Crippen LogP) is 2.15. The van der Waals surface area contributed by atoms with Gasteiger partial charge in [-0.05, 0) is 36.4 Å². The molecule has 140 valence electrons. The number of carboxylic acid groups (broad SMARTS) is 2. The van der Waals surface area contributed by atoms with E-state index in [1.807, 2.05) is 0 Å². The Bertz CT molecular complexity index is 574. The summed E-state index contributed by atoms with van der Waals surface area (Å²) in [6.45, 7) is 0.527. The van der Waals surface area contributed by atoms with Gasteiger partial charge in [0.2, 0.25) is 0 Å². The average molecular weight is 354 g/mol. The van der Waals surface area contributed by atoms with Gasteiger partial charge in [-0.25, -0.2) is 4.39 Å². The van der Waals surface area contributed by atoms with Gasteiger partial charge in [-0.1, -0.05) is 37.5 Å². The van der Waals surface area contributed by atoms with Crippen molar-refractivity contribution in [3.8, 4) is 0 Å². The van der Waals surface area contributed by atoms with Gasteiger partial charge in [0.15, 0.2) is 0 Å². The predicted molar refractivity (Wildman–Crippen MR) is 92.5 cm³/mol. The lowest BCUT2D eigenvalue weighted by atomic mass is 9.72. The molecule has 1 aliphatic rings. The molecule has 0 bridgehead atoms. The molecule has 7 heteroatoms. The SMILES string of the molecule is NCC1(CC(=O)O)CCCCC1.N[C@@H](Cc1ccccc1F)C(=O)O. The van der Waals surface area contributed by atoms with Crippen LogP contribution in [0.4, 0.5) is 4.39 Å². The quantitative estimate of drug-likeness (QED) is 0.620. The second-order valence-corrected chi connectivity index (χ2v) is 6.58. The van der Waals surface area contributed by atoms with Crippen molar-refractivity contribution in [2.75, 3.05) is 6.54 Å². The summed E-state index contributed by atoms with van der Waals surface area (Å²) >= 11 is 0. The fourth-order valence-electron chi connectivity index (χ4n) is 3.06. The number of nitrogens with two attached hydrogens (primary N) is 2. The van der Waals surface area contributed by atoms with Gasteiger partial charge in [-0.15, -0.1) is 0 Å². The molecule has 0 spiro atoms. The first kappa shape index (κ1) is 21.1. The normalized spacial score (nSPS) is 17.1. The van der Waals surface area contributed by atoms with Crippen molar-refractivity contribution >= 4 is 11.9 Å². The summed E-state index contributed by atoms with van der Waals surface area (Å²) < 4.78 is 13.0. The standard InChI is InChI=1S/C9H10FNO2.C9H17NO2/c10-7-4-2-1-3-6(7)5-8(11)9(12)13;10-7-9(6-8(11)12)4-2-1-3-5-9/h1-4,8H,5,11H2,(H,12,13);1-7,10H2,(H,11,12)/t8-;/m0./s1. The van der Waals surface area contributed by atoms with Crippen molar-refractivity contribution < 1.29 is 24.2 Å². The number of benzene rings is 1. The summed E-state index contributed by atoms with van der Waals surface area (Å²) in [5.74, 6) is -2.25. The van der Waals surface area contributed by atoms with E-state index in [2.05, 4.69) is 0 Å². The first-order valence-corrected chi connectivity index (χ1v) is 8.43. The van der Waals surface area contributed by atoms with Crippen molar-refractivity contribution in [2.24, 2.45) is 16.9 Å². The Morgan fingerprint density at radius 1 is 1.16 bits per heavy atom. The average Bonchev–Trinajstić information content (AvgIpc) is 2.57. The van der Waals surface area contributed by atoms with Crippen LogP contribution in [0.3, 0.4) is 0 Å². The lowest BCUT2D eigenvalue weighted by Gasteiger charge is -2.34. The maximum absolute atomic E-state index is 13.0. The van der Waals surface area contributed by atoms with Gasteiger partial charge in [-0.3, -0.25) is 9.59 Å². The molecule has 1 aromatic carbocycles. The van der Waals surface area contributed by atoms with Crippen LogP contribution in [0.15, 0.2) is 24.3 Å². The van der Waals surface area contributed by atoms with Gasteiger partial charge >= 0.3 is 11.9 Å². The molecule has 0 aromatic heterocycles. The van der Waals surface area contributed by atoms with Gasteiger partial charge in [0.05, 0.1) is 6.42 Å². The summed E-state index contributed by atoms with van der Waals surface area (Å²) in [5, 5.41) is 17.2. The summed E-state index contributed by atoms with van der Waals surface area (Å²) in [4.78, 5) is 20.9. The molecule has 1 saturated carbocycles. The molecule has 0 aliphatic heterocycles. The monoisotopic (exact) mass is 354 g/mol. The van der Waals surface area contributed by atoms with E-state index in [-0.39, 0.29) is 18.3 Å². The van der Waals surface area contributed by atoms with E-state index in [1.54, 1.807) is 12.1 Å². The van der Waals surface area contributed by atoms with Crippen LogP contribution in [0.25, 0.3) is 0 Å². The Hall–Kier alpha value is -1.99. The van der Waals surface area contributed by atoms with E-state index >= 15 is 0 Å². The highest BCUT2D eigenvalue weighted by Gasteiger charge is 2.32. The molecular formula is C18H27FN2O4. The van der Waals surface area contributed by atoms with Crippen LogP contribution in [0.1, 0.15) is 44.1 Å². The minimum atomic E-state index is -1.12. The van der Waals surface area contributed by atoms with Crippen LogP contribution < -0.4 is 11.5 Å². The summed E-state index contributed by atoms with van der Waals surface area (Å²) in [7, 11) is 0. The number of hydrogen-bond acceptors (Lipinski definition) is 4. The Balaban J connectivity index is 0.000000251. The van der Waals surface area contributed by atoms with E-state index in [9.17, 15) is 14.0 Å². The second-order valence-electron chi connectivity index (χ2n) is 6.58. The topological polar surface area (TPSA) is 127 Å². The molecule has 0 saturated heterocycles. The minimum absolute atomic E-state index is 0.0159. The van der Waals surface area contributed by atoms with E-state index in [4.69, 9.17) is 21.7 Å². The van der Waals surface area contributed by atoms with Crippen molar-refractivity contribution in [1.29, 1.82) is 0 Å². The molecule has 1 atom stereocenters. The van der Waals surface area contributed by atoms with Crippen LogP contribution >= 0.6 is 0 Å². The third-order valence-electron chi connectivity index (χ3n) is 4.59. The second kappa shape index (κ2) is 10.1. The van der Waals surface area contributed by atoms with E-state index < -0.39 is 23.8 Å². The number of halogens is 1.